The summed E-state index contributed by atoms with van der Waals surface area (Å²) >= 11 is 0. The van der Waals surface area contributed by atoms with Crippen molar-refractivity contribution >= 4 is 0 Å². The molecule has 0 aliphatic rings. The number of benzene rings is 1. The zero-order chi connectivity index (χ0) is 18.3. The van der Waals surface area contributed by atoms with Crippen LogP contribution in [0.2, 0.25) is 0 Å². The van der Waals surface area contributed by atoms with Crippen LogP contribution in [0.5, 0.6) is 5.75 Å². The van der Waals surface area contributed by atoms with Crippen LogP contribution in [0.25, 0.3) is 0 Å². The highest BCUT2D eigenvalue weighted by Crippen LogP contribution is 2.26. The van der Waals surface area contributed by atoms with E-state index in [4.69, 9.17) is 9.47 Å². The second-order valence-electron chi connectivity index (χ2n) is 7.18. The van der Waals surface area contributed by atoms with E-state index in [-0.39, 0.29) is 0 Å². The highest BCUT2D eigenvalue weighted by Gasteiger charge is 2.08. The van der Waals surface area contributed by atoms with E-state index in [9.17, 15) is 0 Å². The van der Waals surface area contributed by atoms with Crippen LogP contribution in [0.1, 0.15) is 88.3 Å². The van der Waals surface area contributed by atoms with E-state index >= 15 is 0 Å². The van der Waals surface area contributed by atoms with E-state index < -0.39 is 0 Å². The molecule has 0 saturated carbocycles. The molecule has 0 N–H and O–H groups in total. The number of unbranched alkanes of at least 4 members (excludes halogenated alkanes) is 6. The van der Waals surface area contributed by atoms with Gasteiger partial charge in [0.15, 0.2) is 0 Å². The maximum atomic E-state index is 5.68. The Morgan fingerprint density at radius 3 is 2.08 bits per heavy atom. The van der Waals surface area contributed by atoms with Gasteiger partial charge in [-0.1, -0.05) is 58.4 Å². The number of methoxy groups -OCH3 is 1. The van der Waals surface area contributed by atoms with Crippen molar-refractivity contribution in [1.82, 2.24) is 0 Å². The van der Waals surface area contributed by atoms with E-state index in [0.717, 1.165) is 38.2 Å². The normalized spacial score (nSPS) is 11.0. The molecule has 1 aromatic rings. The summed E-state index contributed by atoms with van der Waals surface area (Å²) in [5, 5.41) is 0. The van der Waals surface area contributed by atoms with Gasteiger partial charge in [-0.3, -0.25) is 0 Å². The predicted molar refractivity (Wildman–Crippen MR) is 109 cm³/mol. The first-order valence-electron chi connectivity index (χ1n) is 10.5. The van der Waals surface area contributed by atoms with Gasteiger partial charge in [-0.2, -0.15) is 0 Å². The Morgan fingerprint density at radius 2 is 1.36 bits per heavy atom. The van der Waals surface area contributed by atoms with Crippen molar-refractivity contribution in [3.8, 4) is 5.75 Å². The Hall–Kier alpha value is -1.02. The molecule has 0 aliphatic heterocycles. The minimum Gasteiger partial charge on any atom is -0.496 e. The number of hydrogen-bond donors (Lipinski definition) is 0. The molecule has 0 unspecified atom stereocenters. The lowest BCUT2D eigenvalue weighted by Crippen LogP contribution is -2.01. The van der Waals surface area contributed by atoms with Crippen molar-refractivity contribution < 1.29 is 9.47 Å². The number of hydrogen-bond acceptors (Lipinski definition) is 2. The van der Waals surface area contributed by atoms with Crippen LogP contribution < -0.4 is 4.74 Å². The van der Waals surface area contributed by atoms with E-state index in [1.165, 1.54) is 68.1 Å². The fraction of sp³-hybridized carbons (Fsp3) is 0.739. The van der Waals surface area contributed by atoms with Crippen LogP contribution in [-0.4, -0.2) is 20.3 Å². The van der Waals surface area contributed by atoms with Crippen LogP contribution in [-0.2, 0) is 17.6 Å². The molecule has 25 heavy (non-hydrogen) atoms. The quantitative estimate of drug-likeness (QED) is 0.330. The highest BCUT2D eigenvalue weighted by molar-refractivity contribution is 5.42. The minimum atomic E-state index is 0.862. The molecule has 0 aliphatic carbocycles. The van der Waals surface area contributed by atoms with E-state index in [1.807, 2.05) is 0 Å². The zero-order valence-corrected chi connectivity index (χ0v) is 17.2. The SMILES string of the molecule is CCCCCCCCc1cc(C)c(CCCOCCCC)cc1OC. The summed E-state index contributed by atoms with van der Waals surface area (Å²) in [5.74, 6) is 1.07. The summed E-state index contributed by atoms with van der Waals surface area (Å²) in [4.78, 5) is 0. The van der Waals surface area contributed by atoms with Gasteiger partial charge in [0.1, 0.15) is 5.75 Å². The lowest BCUT2D eigenvalue weighted by Gasteiger charge is -2.14. The third-order valence-electron chi connectivity index (χ3n) is 4.92. The van der Waals surface area contributed by atoms with Crippen LogP contribution in [0.3, 0.4) is 0 Å². The summed E-state index contributed by atoms with van der Waals surface area (Å²) < 4.78 is 11.3. The van der Waals surface area contributed by atoms with Gasteiger partial charge >= 0.3 is 0 Å². The monoisotopic (exact) mass is 348 g/mol. The smallest absolute Gasteiger partial charge is 0.122 e. The van der Waals surface area contributed by atoms with Gasteiger partial charge < -0.3 is 9.47 Å². The molecule has 0 bridgehead atoms. The molecule has 2 nitrogen and oxygen atoms in total. The van der Waals surface area contributed by atoms with Crippen LogP contribution in [0.4, 0.5) is 0 Å². The summed E-state index contributed by atoms with van der Waals surface area (Å²) in [7, 11) is 1.80. The molecule has 1 rings (SSSR count). The summed E-state index contributed by atoms with van der Waals surface area (Å²) in [5.41, 5.74) is 4.18. The molecule has 0 atom stereocenters. The third-order valence-corrected chi connectivity index (χ3v) is 4.92. The van der Waals surface area contributed by atoms with Gasteiger partial charge in [-0.05, 0) is 61.8 Å². The van der Waals surface area contributed by atoms with Crippen LogP contribution in [0.15, 0.2) is 12.1 Å². The predicted octanol–water partition coefficient (Wildman–Crippen LogP) is 6.66. The summed E-state index contributed by atoms with van der Waals surface area (Å²) in [6.07, 6.45) is 13.7. The fourth-order valence-electron chi connectivity index (χ4n) is 3.25. The molecule has 0 spiro atoms. The minimum absolute atomic E-state index is 0.862. The van der Waals surface area contributed by atoms with Crippen LogP contribution >= 0.6 is 0 Å². The fourth-order valence-corrected chi connectivity index (χ4v) is 3.25. The van der Waals surface area contributed by atoms with Crippen molar-refractivity contribution in [1.29, 1.82) is 0 Å². The number of ether oxygens (including phenoxy) is 2. The standard InChI is InChI=1S/C23H40O2/c1-5-7-9-10-11-12-14-22-18-20(3)21(19-23(22)24-4)15-13-17-25-16-8-6-2/h18-19H,5-17H2,1-4H3. The maximum Gasteiger partial charge on any atom is 0.122 e. The Balaban J connectivity index is 2.43. The molecular weight excluding hydrogens is 308 g/mol. The molecule has 0 fully saturated rings. The first kappa shape index (κ1) is 22.0. The molecule has 2 heteroatoms. The number of rotatable bonds is 15. The van der Waals surface area contributed by atoms with E-state index in [2.05, 4.69) is 32.9 Å². The molecule has 144 valence electrons. The first-order chi connectivity index (χ1) is 12.2. The van der Waals surface area contributed by atoms with Gasteiger partial charge in [-0.15, -0.1) is 0 Å². The Bertz CT molecular complexity index is 454. The molecule has 0 heterocycles. The average Bonchev–Trinajstić information content (AvgIpc) is 2.62. The highest BCUT2D eigenvalue weighted by atomic mass is 16.5. The van der Waals surface area contributed by atoms with Gasteiger partial charge in [0.05, 0.1) is 7.11 Å². The Kier molecular flexibility index (Phi) is 12.5. The molecular formula is C23H40O2. The lowest BCUT2D eigenvalue weighted by molar-refractivity contribution is 0.129. The molecule has 1 aromatic carbocycles. The average molecular weight is 349 g/mol. The zero-order valence-electron chi connectivity index (χ0n) is 17.2. The largest absolute Gasteiger partial charge is 0.496 e. The van der Waals surface area contributed by atoms with Gasteiger partial charge in [0.2, 0.25) is 0 Å². The summed E-state index contributed by atoms with van der Waals surface area (Å²) in [6, 6.07) is 4.60. The Labute approximate surface area is 156 Å². The molecule has 0 saturated heterocycles. The van der Waals surface area contributed by atoms with Gasteiger partial charge in [0, 0.05) is 13.2 Å². The lowest BCUT2D eigenvalue weighted by atomic mass is 9.97. The first-order valence-corrected chi connectivity index (χ1v) is 10.5. The Morgan fingerprint density at radius 1 is 0.720 bits per heavy atom. The topological polar surface area (TPSA) is 18.5 Å². The van der Waals surface area contributed by atoms with E-state index in [1.54, 1.807) is 7.11 Å². The second-order valence-corrected chi connectivity index (χ2v) is 7.18. The van der Waals surface area contributed by atoms with Crippen LogP contribution in [0, 0.1) is 6.92 Å². The molecule has 0 aromatic heterocycles. The van der Waals surface area contributed by atoms with Crippen molar-refractivity contribution in [2.24, 2.45) is 0 Å². The number of aryl methyl sites for hydroxylation is 3. The van der Waals surface area contributed by atoms with Gasteiger partial charge in [0.25, 0.3) is 0 Å². The maximum absolute atomic E-state index is 5.68. The molecule has 0 radical (unpaired) electrons. The van der Waals surface area contributed by atoms with Crippen molar-refractivity contribution in [3.63, 3.8) is 0 Å². The van der Waals surface area contributed by atoms with Crippen molar-refractivity contribution in [2.75, 3.05) is 20.3 Å². The molecule has 0 amide bonds. The summed E-state index contributed by atoms with van der Waals surface area (Å²) in [6.45, 7) is 8.47. The van der Waals surface area contributed by atoms with Crippen molar-refractivity contribution in [3.05, 3.63) is 28.8 Å². The van der Waals surface area contributed by atoms with E-state index in [0.29, 0.717) is 0 Å². The van der Waals surface area contributed by atoms with Crippen molar-refractivity contribution in [2.45, 2.75) is 91.4 Å². The second kappa shape index (κ2) is 14.2. The van der Waals surface area contributed by atoms with Gasteiger partial charge in [-0.25, -0.2) is 0 Å². The third kappa shape index (κ3) is 9.30.